The first kappa shape index (κ1) is 8.25. The SMILES string of the molecule is Cc1c(F)cccc1C1(C#N)CC1. The minimum absolute atomic E-state index is 0.209. The van der Waals surface area contributed by atoms with Gasteiger partial charge in [0, 0.05) is 0 Å². The summed E-state index contributed by atoms with van der Waals surface area (Å²) in [6.07, 6.45) is 1.74. The predicted octanol–water partition coefficient (Wildman–Crippen LogP) is 2.69. The molecule has 1 aromatic carbocycles. The summed E-state index contributed by atoms with van der Waals surface area (Å²) < 4.78 is 13.2. The standard InChI is InChI=1S/C11H10FN/c1-8-9(3-2-4-10(8)12)11(7-13)5-6-11/h2-4H,5-6H2,1H3. The van der Waals surface area contributed by atoms with Crippen LogP contribution in [0.4, 0.5) is 4.39 Å². The molecule has 2 heteroatoms. The molecule has 0 heterocycles. The van der Waals surface area contributed by atoms with E-state index in [1.165, 1.54) is 6.07 Å². The van der Waals surface area contributed by atoms with E-state index in [4.69, 9.17) is 5.26 Å². The molecule has 0 amide bonds. The fourth-order valence-corrected chi connectivity index (χ4v) is 1.69. The molecule has 0 aliphatic heterocycles. The Bertz CT molecular complexity index is 386. The molecule has 0 saturated heterocycles. The van der Waals surface area contributed by atoms with Crippen molar-refractivity contribution in [3.05, 3.63) is 35.1 Å². The smallest absolute Gasteiger partial charge is 0.126 e. The van der Waals surface area contributed by atoms with Gasteiger partial charge in [-0.25, -0.2) is 4.39 Å². The first-order valence-electron chi connectivity index (χ1n) is 4.36. The predicted molar refractivity (Wildman–Crippen MR) is 47.7 cm³/mol. The Morgan fingerprint density at radius 3 is 2.69 bits per heavy atom. The Kier molecular flexibility index (Phi) is 1.63. The van der Waals surface area contributed by atoms with Gasteiger partial charge in [0.25, 0.3) is 0 Å². The minimum atomic E-state index is -0.369. The maximum absolute atomic E-state index is 13.2. The van der Waals surface area contributed by atoms with Crippen molar-refractivity contribution in [2.24, 2.45) is 0 Å². The molecule has 0 aromatic heterocycles. The van der Waals surface area contributed by atoms with Gasteiger partial charge in [0.2, 0.25) is 0 Å². The lowest BCUT2D eigenvalue weighted by molar-refractivity contribution is 0.613. The van der Waals surface area contributed by atoms with E-state index in [0.29, 0.717) is 5.56 Å². The molecule has 0 spiro atoms. The van der Waals surface area contributed by atoms with Crippen molar-refractivity contribution in [1.29, 1.82) is 5.26 Å². The van der Waals surface area contributed by atoms with Crippen molar-refractivity contribution >= 4 is 0 Å². The zero-order valence-electron chi connectivity index (χ0n) is 7.47. The maximum Gasteiger partial charge on any atom is 0.126 e. The number of benzene rings is 1. The average Bonchev–Trinajstić information content (AvgIpc) is 2.90. The van der Waals surface area contributed by atoms with Crippen LogP contribution in [0.5, 0.6) is 0 Å². The zero-order valence-corrected chi connectivity index (χ0v) is 7.47. The van der Waals surface area contributed by atoms with E-state index in [9.17, 15) is 4.39 Å². The van der Waals surface area contributed by atoms with E-state index in [2.05, 4.69) is 6.07 Å². The van der Waals surface area contributed by atoms with Crippen LogP contribution in [0.15, 0.2) is 18.2 Å². The summed E-state index contributed by atoms with van der Waals surface area (Å²) in [7, 11) is 0. The second-order valence-corrected chi connectivity index (χ2v) is 3.61. The van der Waals surface area contributed by atoms with Gasteiger partial charge in [-0.05, 0) is 37.0 Å². The van der Waals surface area contributed by atoms with Gasteiger partial charge in [0.1, 0.15) is 5.82 Å². The monoisotopic (exact) mass is 175 g/mol. The highest BCUT2D eigenvalue weighted by molar-refractivity contribution is 5.43. The molecule has 0 bridgehead atoms. The van der Waals surface area contributed by atoms with Crippen molar-refractivity contribution < 1.29 is 4.39 Å². The third-order valence-corrected chi connectivity index (χ3v) is 2.75. The van der Waals surface area contributed by atoms with Crippen LogP contribution in [-0.2, 0) is 5.41 Å². The van der Waals surface area contributed by atoms with Crippen LogP contribution in [0, 0.1) is 24.1 Å². The molecule has 1 aliphatic carbocycles. The van der Waals surface area contributed by atoms with E-state index in [0.717, 1.165) is 18.4 Å². The fraction of sp³-hybridized carbons (Fsp3) is 0.364. The first-order chi connectivity index (χ1) is 6.19. The van der Waals surface area contributed by atoms with E-state index < -0.39 is 0 Å². The lowest BCUT2D eigenvalue weighted by Gasteiger charge is -2.09. The molecule has 0 atom stereocenters. The minimum Gasteiger partial charge on any atom is -0.207 e. The van der Waals surface area contributed by atoms with E-state index in [1.54, 1.807) is 13.0 Å². The molecule has 13 heavy (non-hydrogen) atoms. The molecule has 1 fully saturated rings. The van der Waals surface area contributed by atoms with Crippen molar-refractivity contribution in [1.82, 2.24) is 0 Å². The summed E-state index contributed by atoms with van der Waals surface area (Å²) >= 11 is 0. The molecule has 0 unspecified atom stereocenters. The van der Waals surface area contributed by atoms with E-state index in [1.807, 2.05) is 6.07 Å². The van der Waals surface area contributed by atoms with E-state index in [-0.39, 0.29) is 11.2 Å². The van der Waals surface area contributed by atoms with Gasteiger partial charge in [0.05, 0.1) is 11.5 Å². The van der Waals surface area contributed by atoms with Crippen LogP contribution in [0.1, 0.15) is 24.0 Å². The third-order valence-electron chi connectivity index (χ3n) is 2.75. The third kappa shape index (κ3) is 1.12. The van der Waals surface area contributed by atoms with Gasteiger partial charge in [-0.2, -0.15) is 5.26 Å². The Hall–Kier alpha value is -1.36. The van der Waals surface area contributed by atoms with Crippen molar-refractivity contribution in [3.63, 3.8) is 0 Å². The van der Waals surface area contributed by atoms with Crippen LogP contribution < -0.4 is 0 Å². The van der Waals surface area contributed by atoms with Crippen LogP contribution in [0.25, 0.3) is 0 Å². The largest absolute Gasteiger partial charge is 0.207 e. The Morgan fingerprint density at radius 2 is 2.15 bits per heavy atom. The maximum atomic E-state index is 13.2. The van der Waals surface area contributed by atoms with Crippen molar-refractivity contribution in [3.8, 4) is 6.07 Å². The lowest BCUT2D eigenvalue weighted by Crippen LogP contribution is -2.06. The molecular formula is C11H10FN. The summed E-state index contributed by atoms with van der Waals surface area (Å²) in [6, 6.07) is 7.24. The van der Waals surface area contributed by atoms with Gasteiger partial charge in [-0.1, -0.05) is 12.1 Å². The Labute approximate surface area is 76.8 Å². The number of rotatable bonds is 1. The van der Waals surface area contributed by atoms with Gasteiger partial charge in [-0.15, -0.1) is 0 Å². The van der Waals surface area contributed by atoms with Crippen molar-refractivity contribution in [2.75, 3.05) is 0 Å². The number of hydrogen-bond donors (Lipinski definition) is 0. The number of hydrogen-bond acceptors (Lipinski definition) is 1. The molecule has 1 nitrogen and oxygen atoms in total. The molecular weight excluding hydrogens is 165 g/mol. The molecule has 66 valence electrons. The highest BCUT2D eigenvalue weighted by atomic mass is 19.1. The van der Waals surface area contributed by atoms with Crippen LogP contribution in [0.3, 0.4) is 0 Å². The second-order valence-electron chi connectivity index (χ2n) is 3.61. The lowest BCUT2D eigenvalue weighted by atomic mass is 9.93. The number of nitrogens with zero attached hydrogens (tertiary/aromatic N) is 1. The first-order valence-corrected chi connectivity index (χ1v) is 4.36. The summed E-state index contributed by atoms with van der Waals surface area (Å²) in [5.41, 5.74) is 1.13. The number of halogens is 1. The molecule has 0 radical (unpaired) electrons. The summed E-state index contributed by atoms with van der Waals surface area (Å²) in [6.45, 7) is 1.74. The molecule has 1 aliphatic rings. The molecule has 1 saturated carbocycles. The quantitative estimate of drug-likeness (QED) is 0.643. The Morgan fingerprint density at radius 1 is 1.46 bits per heavy atom. The molecule has 1 aromatic rings. The Balaban J connectivity index is 2.54. The zero-order chi connectivity index (χ0) is 9.47. The topological polar surface area (TPSA) is 23.8 Å². The molecule has 2 rings (SSSR count). The number of nitriles is 1. The van der Waals surface area contributed by atoms with Crippen molar-refractivity contribution in [2.45, 2.75) is 25.2 Å². The highest BCUT2D eigenvalue weighted by Crippen LogP contribution is 2.48. The van der Waals surface area contributed by atoms with E-state index >= 15 is 0 Å². The normalized spacial score (nSPS) is 17.9. The van der Waals surface area contributed by atoms with Crippen LogP contribution in [-0.4, -0.2) is 0 Å². The highest BCUT2D eigenvalue weighted by Gasteiger charge is 2.45. The second kappa shape index (κ2) is 2.56. The van der Waals surface area contributed by atoms with Gasteiger partial charge >= 0.3 is 0 Å². The summed E-state index contributed by atoms with van der Waals surface area (Å²) in [5, 5.41) is 8.95. The van der Waals surface area contributed by atoms with Gasteiger partial charge < -0.3 is 0 Å². The average molecular weight is 175 g/mol. The van der Waals surface area contributed by atoms with Crippen LogP contribution in [0.2, 0.25) is 0 Å². The van der Waals surface area contributed by atoms with Crippen LogP contribution >= 0.6 is 0 Å². The fourth-order valence-electron chi connectivity index (χ4n) is 1.69. The summed E-state index contributed by atoms with van der Waals surface area (Å²) in [5.74, 6) is -0.209. The summed E-state index contributed by atoms with van der Waals surface area (Å²) in [4.78, 5) is 0. The van der Waals surface area contributed by atoms with Gasteiger partial charge in [0.15, 0.2) is 0 Å². The van der Waals surface area contributed by atoms with Gasteiger partial charge in [-0.3, -0.25) is 0 Å². The molecule has 0 N–H and O–H groups in total.